The van der Waals surface area contributed by atoms with E-state index in [0.29, 0.717) is 6.42 Å². The summed E-state index contributed by atoms with van der Waals surface area (Å²) in [6.45, 7) is 0.540. The summed E-state index contributed by atoms with van der Waals surface area (Å²) < 4.78 is 58.8. The fourth-order valence-electron chi connectivity index (χ4n) is 2.24. The van der Waals surface area contributed by atoms with Crippen molar-refractivity contribution in [2.24, 2.45) is 0 Å². The predicted octanol–water partition coefficient (Wildman–Crippen LogP) is 4.71. The van der Waals surface area contributed by atoms with Crippen LogP contribution >= 0.6 is 0 Å². The highest BCUT2D eigenvalue weighted by molar-refractivity contribution is 7.86. The van der Waals surface area contributed by atoms with Gasteiger partial charge in [-0.05, 0) is 6.42 Å². The maximum Gasteiger partial charge on any atom is 0.402 e. The SMILES string of the molecule is CCCCCCCCCCCCCC(=O)OCC(F)(F)S(=O)(=O)O. The van der Waals surface area contributed by atoms with E-state index in [1.54, 1.807) is 0 Å². The molecule has 144 valence electrons. The molecule has 0 rings (SSSR count). The number of ether oxygens (including phenoxy) is 1. The normalized spacial score (nSPS) is 12.3. The molecule has 5 nitrogen and oxygen atoms in total. The molecule has 0 heterocycles. The topological polar surface area (TPSA) is 80.7 Å². The van der Waals surface area contributed by atoms with Gasteiger partial charge >= 0.3 is 21.3 Å². The molecule has 0 unspecified atom stereocenters. The number of carbonyl (C=O) groups is 1. The third-order valence-corrected chi connectivity index (χ3v) is 4.64. The number of halogens is 2. The van der Waals surface area contributed by atoms with Gasteiger partial charge in [0.05, 0.1) is 0 Å². The summed E-state index contributed by atoms with van der Waals surface area (Å²) in [4.78, 5) is 11.2. The summed E-state index contributed by atoms with van der Waals surface area (Å²) in [5, 5.41) is -4.46. The molecule has 0 aliphatic heterocycles. The first-order valence-electron chi connectivity index (χ1n) is 8.71. The van der Waals surface area contributed by atoms with Gasteiger partial charge < -0.3 is 4.74 Å². The van der Waals surface area contributed by atoms with Crippen LogP contribution in [0.3, 0.4) is 0 Å². The number of carbonyl (C=O) groups excluding carboxylic acids is 1. The Hall–Kier alpha value is -0.760. The Morgan fingerprint density at radius 2 is 1.33 bits per heavy atom. The van der Waals surface area contributed by atoms with Gasteiger partial charge in [-0.1, -0.05) is 71.1 Å². The van der Waals surface area contributed by atoms with Crippen molar-refractivity contribution >= 4 is 16.1 Å². The lowest BCUT2D eigenvalue weighted by Gasteiger charge is -2.12. The van der Waals surface area contributed by atoms with Crippen molar-refractivity contribution in [3.8, 4) is 0 Å². The quantitative estimate of drug-likeness (QED) is 0.256. The van der Waals surface area contributed by atoms with Gasteiger partial charge in [-0.3, -0.25) is 9.35 Å². The Morgan fingerprint density at radius 3 is 1.75 bits per heavy atom. The standard InChI is InChI=1S/C16H30F2O5S/c1-2-3-4-5-6-7-8-9-10-11-12-13-15(19)23-14-16(17,18)24(20,21)22/h2-14H2,1H3,(H,20,21,22). The van der Waals surface area contributed by atoms with Crippen LogP contribution in [0.2, 0.25) is 0 Å². The van der Waals surface area contributed by atoms with Crippen LogP contribution in [0.1, 0.15) is 84.0 Å². The fourth-order valence-corrected chi connectivity index (χ4v) is 2.45. The van der Waals surface area contributed by atoms with Crippen LogP contribution in [-0.4, -0.2) is 30.8 Å². The highest BCUT2D eigenvalue weighted by Gasteiger charge is 2.45. The Morgan fingerprint density at radius 1 is 0.917 bits per heavy atom. The van der Waals surface area contributed by atoms with Crippen LogP contribution in [0.25, 0.3) is 0 Å². The molecular weight excluding hydrogens is 342 g/mol. The average Bonchev–Trinajstić information content (AvgIpc) is 2.49. The molecule has 0 aromatic rings. The van der Waals surface area contributed by atoms with Crippen LogP contribution in [0, 0.1) is 0 Å². The largest absolute Gasteiger partial charge is 0.458 e. The van der Waals surface area contributed by atoms with Crippen molar-refractivity contribution in [1.29, 1.82) is 0 Å². The van der Waals surface area contributed by atoms with E-state index in [4.69, 9.17) is 4.55 Å². The summed E-state index contributed by atoms with van der Waals surface area (Å²) >= 11 is 0. The van der Waals surface area contributed by atoms with Crippen molar-refractivity contribution in [3.63, 3.8) is 0 Å². The minimum atomic E-state index is -5.55. The zero-order chi connectivity index (χ0) is 18.5. The molecule has 0 fully saturated rings. The monoisotopic (exact) mass is 372 g/mol. The van der Waals surface area contributed by atoms with Gasteiger partial charge in [0.15, 0.2) is 6.61 Å². The van der Waals surface area contributed by atoms with Crippen molar-refractivity contribution in [2.45, 2.75) is 89.2 Å². The first kappa shape index (κ1) is 23.2. The van der Waals surface area contributed by atoms with Crippen molar-refractivity contribution < 1.29 is 31.3 Å². The smallest absolute Gasteiger partial charge is 0.402 e. The molecule has 0 atom stereocenters. The summed E-state index contributed by atoms with van der Waals surface area (Å²) in [6.07, 6.45) is 12.1. The second-order valence-electron chi connectivity index (χ2n) is 6.06. The molecular formula is C16H30F2O5S. The average molecular weight is 372 g/mol. The number of rotatable bonds is 15. The zero-order valence-corrected chi connectivity index (χ0v) is 15.3. The number of unbranched alkanes of at least 4 members (excludes halogenated alkanes) is 10. The lowest BCUT2D eigenvalue weighted by atomic mass is 10.1. The number of hydrogen-bond donors (Lipinski definition) is 1. The third-order valence-electron chi connectivity index (χ3n) is 3.76. The van der Waals surface area contributed by atoms with E-state index in [2.05, 4.69) is 11.7 Å². The Balaban J connectivity index is 3.50. The Kier molecular flexibility index (Phi) is 12.2. The maximum absolute atomic E-state index is 12.8. The van der Waals surface area contributed by atoms with E-state index in [9.17, 15) is 22.0 Å². The molecule has 0 amide bonds. The van der Waals surface area contributed by atoms with Gasteiger partial charge in [-0.15, -0.1) is 0 Å². The lowest BCUT2D eigenvalue weighted by Crippen LogP contribution is -2.34. The van der Waals surface area contributed by atoms with Gasteiger partial charge in [0.25, 0.3) is 0 Å². The van der Waals surface area contributed by atoms with E-state index >= 15 is 0 Å². The van der Waals surface area contributed by atoms with E-state index in [1.165, 1.54) is 38.5 Å². The minimum absolute atomic E-state index is 0.0292. The molecule has 0 saturated heterocycles. The maximum atomic E-state index is 12.8. The van der Waals surface area contributed by atoms with Crippen LogP contribution < -0.4 is 0 Å². The second-order valence-corrected chi connectivity index (χ2v) is 7.61. The summed E-state index contributed by atoms with van der Waals surface area (Å²) in [5.41, 5.74) is 0. The number of hydrogen-bond acceptors (Lipinski definition) is 4. The van der Waals surface area contributed by atoms with Gasteiger partial charge in [0.2, 0.25) is 0 Å². The number of esters is 1. The van der Waals surface area contributed by atoms with E-state index in [1.807, 2.05) is 0 Å². The summed E-state index contributed by atoms with van der Waals surface area (Å²) in [6, 6.07) is 0. The molecule has 0 spiro atoms. The van der Waals surface area contributed by atoms with Gasteiger partial charge in [-0.2, -0.15) is 17.2 Å². The van der Waals surface area contributed by atoms with Crippen molar-refractivity contribution in [3.05, 3.63) is 0 Å². The summed E-state index contributed by atoms with van der Waals surface area (Å²) in [5.74, 6) is -0.880. The summed E-state index contributed by atoms with van der Waals surface area (Å²) in [7, 11) is -5.55. The van der Waals surface area contributed by atoms with Crippen molar-refractivity contribution in [2.75, 3.05) is 6.61 Å². The molecule has 0 aliphatic carbocycles. The highest BCUT2D eigenvalue weighted by Crippen LogP contribution is 2.21. The molecule has 0 aromatic heterocycles. The van der Waals surface area contributed by atoms with E-state index < -0.39 is 27.9 Å². The Labute approximate surface area is 143 Å². The zero-order valence-electron chi connectivity index (χ0n) is 14.4. The van der Waals surface area contributed by atoms with Gasteiger partial charge in [0.1, 0.15) is 0 Å². The third kappa shape index (κ3) is 11.7. The molecule has 0 bridgehead atoms. The molecule has 1 N–H and O–H groups in total. The van der Waals surface area contributed by atoms with Gasteiger partial charge in [0, 0.05) is 6.42 Å². The molecule has 8 heteroatoms. The number of alkyl halides is 2. The van der Waals surface area contributed by atoms with E-state index in [-0.39, 0.29) is 6.42 Å². The molecule has 0 saturated carbocycles. The minimum Gasteiger partial charge on any atom is -0.458 e. The first-order valence-corrected chi connectivity index (χ1v) is 10.1. The van der Waals surface area contributed by atoms with Crippen LogP contribution in [0.4, 0.5) is 8.78 Å². The van der Waals surface area contributed by atoms with Crippen LogP contribution in [0.15, 0.2) is 0 Å². The highest BCUT2D eigenvalue weighted by atomic mass is 32.2. The van der Waals surface area contributed by atoms with Crippen molar-refractivity contribution in [1.82, 2.24) is 0 Å². The van der Waals surface area contributed by atoms with Gasteiger partial charge in [-0.25, -0.2) is 0 Å². The predicted molar refractivity (Wildman–Crippen MR) is 88.5 cm³/mol. The lowest BCUT2D eigenvalue weighted by molar-refractivity contribution is -0.149. The molecule has 24 heavy (non-hydrogen) atoms. The molecule has 0 aliphatic rings. The second kappa shape index (κ2) is 12.6. The van der Waals surface area contributed by atoms with E-state index in [0.717, 1.165) is 25.7 Å². The van der Waals surface area contributed by atoms with Crippen LogP contribution in [0.5, 0.6) is 0 Å². The molecule has 0 radical (unpaired) electrons. The van der Waals surface area contributed by atoms with Crippen LogP contribution in [-0.2, 0) is 19.6 Å². The molecule has 0 aromatic carbocycles. The fraction of sp³-hybridized carbons (Fsp3) is 0.938. The Bertz CT molecular complexity index is 438. The first-order chi connectivity index (χ1) is 11.2.